The molecular formula is C18H26N4O2. The van der Waals surface area contributed by atoms with Crippen LogP contribution in [0.3, 0.4) is 0 Å². The van der Waals surface area contributed by atoms with Crippen molar-refractivity contribution < 1.29 is 9.47 Å². The minimum absolute atomic E-state index is 0.365. The highest BCUT2D eigenvalue weighted by Crippen LogP contribution is 2.41. The minimum Gasteiger partial charge on any atom is -0.381 e. The van der Waals surface area contributed by atoms with Gasteiger partial charge in [0, 0.05) is 56.3 Å². The minimum atomic E-state index is 0.365. The Labute approximate surface area is 143 Å². The van der Waals surface area contributed by atoms with Crippen LogP contribution < -0.4 is 9.80 Å². The molecule has 4 aliphatic rings. The number of rotatable bonds is 2. The van der Waals surface area contributed by atoms with Crippen LogP contribution in [0.15, 0.2) is 12.4 Å². The summed E-state index contributed by atoms with van der Waals surface area (Å²) in [6.07, 6.45) is 6.55. The van der Waals surface area contributed by atoms with Crippen LogP contribution in [0.25, 0.3) is 0 Å². The summed E-state index contributed by atoms with van der Waals surface area (Å²) in [5.74, 6) is 2.15. The fraction of sp³-hybridized carbons (Fsp3) is 0.778. The first-order valence-electron chi connectivity index (χ1n) is 9.24. The zero-order chi connectivity index (χ0) is 16.0. The maximum atomic E-state index is 5.65. The molecule has 0 N–H and O–H groups in total. The molecule has 24 heavy (non-hydrogen) atoms. The molecule has 2 atom stereocenters. The van der Waals surface area contributed by atoms with Gasteiger partial charge in [0.2, 0.25) is 0 Å². The number of hydrogen-bond acceptors (Lipinski definition) is 6. The number of hydrogen-bond donors (Lipinski definition) is 0. The molecule has 0 amide bonds. The molecule has 4 aliphatic heterocycles. The second kappa shape index (κ2) is 5.56. The Morgan fingerprint density at radius 1 is 0.792 bits per heavy atom. The molecule has 4 saturated heterocycles. The summed E-state index contributed by atoms with van der Waals surface area (Å²) in [4.78, 5) is 14.0. The van der Waals surface area contributed by atoms with Crippen molar-refractivity contribution in [2.75, 3.05) is 62.4 Å². The molecule has 2 spiro atoms. The van der Waals surface area contributed by atoms with E-state index >= 15 is 0 Å². The monoisotopic (exact) mass is 330 g/mol. The van der Waals surface area contributed by atoms with E-state index in [1.54, 1.807) is 6.33 Å². The molecule has 1 aromatic heterocycles. The Morgan fingerprint density at radius 2 is 1.33 bits per heavy atom. The Bertz CT molecular complexity index is 562. The third-order valence-corrected chi connectivity index (χ3v) is 6.53. The van der Waals surface area contributed by atoms with E-state index in [-0.39, 0.29) is 0 Å². The number of aromatic nitrogens is 2. The average molecular weight is 330 g/mol. The van der Waals surface area contributed by atoms with E-state index in [1.165, 1.54) is 25.7 Å². The molecule has 5 heterocycles. The normalized spacial score (nSPS) is 35.8. The average Bonchev–Trinajstić information content (AvgIpc) is 3.40. The van der Waals surface area contributed by atoms with Gasteiger partial charge in [-0.1, -0.05) is 0 Å². The second-order valence-corrected chi connectivity index (χ2v) is 8.18. The van der Waals surface area contributed by atoms with Gasteiger partial charge < -0.3 is 19.3 Å². The summed E-state index contributed by atoms with van der Waals surface area (Å²) in [7, 11) is 0. The van der Waals surface area contributed by atoms with Crippen molar-refractivity contribution in [2.24, 2.45) is 10.8 Å². The quantitative estimate of drug-likeness (QED) is 0.823. The van der Waals surface area contributed by atoms with Crippen LogP contribution >= 0.6 is 0 Å². The van der Waals surface area contributed by atoms with Gasteiger partial charge in [-0.3, -0.25) is 0 Å². The van der Waals surface area contributed by atoms with Crippen LogP contribution in [-0.4, -0.2) is 62.6 Å². The van der Waals surface area contributed by atoms with E-state index in [2.05, 4.69) is 25.8 Å². The Balaban J connectivity index is 1.32. The highest BCUT2D eigenvalue weighted by Gasteiger charge is 2.43. The summed E-state index contributed by atoms with van der Waals surface area (Å²) in [5.41, 5.74) is 0.730. The van der Waals surface area contributed by atoms with Gasteiger partial charge in [0.1, 0.15) is 18.0 Å². The van der Waals surface area contributed by atoms with Crippen molar-refractivity contribution in [1.82, 2.24) is 9.97 Å². The summed E-state index contributed by atoms with van der Waals surface area (Å²) in [6.45, 7) is 7.96. The van der Waals surface area contributed by atoms with Gasteiger partial charge >= 0.3 is 0 Å². The SMILES string of the molecule is c1nc(N2CC[C@]3(CCOC3)C2)cc(N2CC[C@@]3(CCOC3)C2)n1. The molecule has 130 valence electrons. The highest BCUT2D eigenvalue weighted by atomic mass is 16.5. The van der Waals surface area contributed by atoms with E-state index in [0.29, 0.717) is 10.8 Å². The first-order chi connectivity index (χ1) is 11.8. The number of nitrogens with zero attached hydrogens (tertiary/aromatic N) is 4. The topological polar surface area (TPSA) is 50.7 Å². The van der Waals surface area contributed by atoms with Gasteiger partial charge in [-0.05, 0) is 25.7 Å². The van der Waals surface area contributed by atoms with Gasteiger partial charge in [0.05, 0.1) is 13.2 Å². The molecule has 0 aliphatic carbocycles. The first-order valence-corrected chi connectivity index (χ1v) is 9.24. The maximum absolute atomic E-state index is 5.65. The maximum Gasteiger partial charge on any atom is 0.134 e. The van der Waals surface area contributed by atoms with Gasteiger partial charge in [-0.2, -0.15) is 0 Å². The molecule has 0 unspecified atom stereocenters. The summed E-state index contributed by atoms with van der Waals surface area (Å²) in [6, 6.07) is 2.18. The zero-order valence-electron chi connectivity index (χ0n) is 14.2. The van der Waals surface area contributed by atoms with Crippen LogP contribution in [0.4, 0.5) is 11.6 Å². The molecule has 0 bridgehead atoms. The molecule has 5 rings (SSSR count). The Kier molecular flexibility index (Phi) is 3.45. The highest BCUT2D eigenvalue weighted by molar-refractivity contribution is 5.52. The van der Waals surface area contributed by atoms with E-state index in [1.807, 2.05) is 0 Å². The van der Waals surface area contributed by atoms with Crippen LogP contribution in [0.1, 0.15) is 25.7 Å². The van der Waals surface area contributed by atoms with E-state index in [4.69, 9.17) is 9.47 Å². The lowest BCUT2D eigenvalue weighted by Crippen LogP contribution is -2.29. The summed E-state index contributed by atoms with van der Waals surface area (Å²) >= 11 is 0. The summed E-state index contributed by atoms with van der Waals surface area (Å²) in [5, 5.41) is 0. The third-order valence-electron chi connectivity index (χ3n) is 6.53. The zero-order valence-corrected chi connectivity index (χ0v) is 14.2. The lowest BCUT2D eigenvalue weighted by Gasteiger charge is -2.25. The van der Waals surface area contributed by atoms with Crippen molar-refractivity contribution in [2.45, 2.75) is 25.7 Å². The smallest absolute Gasteiger partial charge is 0.134 e. The van der Waals surface area contributed by atoms with Gasteiger partial charge in [-0.25, -0.2) is 9.97 Å². The van der Waals surface area contributed by atoms with Gasteiger partial charge in [0.25, 0.3) is 0 Å². The molecule has 4 fully saturated rings. The largest absolute Gasteiger partial charge is 0.381 e. The van der Waals surface area contributed by atoms with Crippen molar-refractivity contribution in [3.8, 4) is 0 Å². The van der Waals surface area contributed by atoms with E-state index < -0.39 is 0 Å². The molecule has 0 radical (unpaired) electrons. The lowest BCUT2D eigenvalue weighted by atomic mass is 9.87. The number of ether oxygens (including phenoxy) is 2. The van der Waals surface area contributed by atoms with Crippen LogP contribution in [0, 0.1) is 10.8 Å². The fourth-order valence-electron chi connectivity index (χ4n) is 4.89. The van der Waals surface area contributed by atoms with Crippen molar-refractivity contribution >= 4 is 11.6 Å². The van der Waals surface area contributed by atoms with Crippen LogP contribution in [0.5, 0.6) is 0 Å². The lowest BCUT2D eigenvalue weighted by molar-refractivity contribution is 0.160. The van der Waals surface area contributed by atoms with Crippen molar-refractivity contribution in [3.63, 3.8) is 0 Å². The van der Waals surface area contributed by atoms with Crippen LogP contribution in [-0.2, 0) is 9.47 Å². The molecule has 6 heteroatoms. The molecule has 0 aromatic carbocycles. The van der Waals surface area contributed by atoms with Crippen molar-refractivity contribution in [3.05, 3.63) is 12.4 Å². The van der Waals surface area contributed by atoms with Crippen molar-refractivity contribution in [1.29, 1.82) is 0 Å². The van der Waals surface area contributed by atoms with Gasteiger partial charge in [-0.15, -0.1) is 0 Å². The fourth-order valence-corrected chi connectivity index (χ4v) is 4.89. The molecule has 1 aromatic rings. The standard InChI is InChI=1S/C18H26N4O2/c1-5-21(10-17(1)3-7-23-12-17)15-9-16(20-14-19-15)22-6-2-18(11-22)4-8-24-13-18/h9,14H,1-8,10-13H2/t17-,18+. The third kappa shape index (κ3) is 2.47. The molecule has 6 nitrogen and oxygen atoms in total. The first kappa shape index (κ1) is 14.9. The van der Waals surface area contributed by atoms with Crippen LogP contribution in [0.2, 0.25) is 0 Å². The molecule has 0 saturated carbocycles. The molecular weight excluding hydrogens is 304 g/mol. The predicted octanol–water partition coefficient (Wildman–Crippen LogP) is 1.71. The Morgan fingerprint density at radius 3 is 1.79 bits per heavy atom. The summed E-state index contributed by atoms with van der Waals surface area (Å²) < 4.78 is 11.3. The number of anilines is 2. The van der Waals surface area contributed by atoms with Gasteiger partial charge in [0.15, 0.2) is 0 Å². The van der Waals surface area contributed by atoms with E-state index in [0.717, 1.165) is 64.2 Å². The predicted molar refractivity (Wildman–Crippen MR) is 91.4 cm³/mol. The second-order valence-electron chi connectivity index (χ2n) is 8.18. The Hall–Kier alpha value is -1.40. The van der Waals surface area contributed by atoms with E-state index in [9.17, 15) is 0 Å².